The number of halogens is 2. The maximum Gasteiger partial charge on any atom is 0.230 e. The summed E-state index contributed by atoms with van der Waals surface area (Å²) in [6.45, 7) is 8.87. The molecule has 2 amide bonds. The van der Waals surface area contributed by atoms with Gasteiger partial charge in [0.05, 0.1) is 0 Å². The first-order chi connectivity index (χ1) is 17.8. The summed E-state index contributed by atoms with van der Waals surface area (Å²) in [7, 11) is 0. The van der Waals surface area contributed by atoms with Crippen molar-refractivity contribution >= 4 is 40.1 Å². The van der Waals surface area contributed by atoms with E-state index < -0.39 is 0 Å². The van der Waals surface area contributed by atoms with Crippen molar-refractivity contribution in [3.63, 3.8) is 0 Å². The Kier molecular flexibility index (Phi) is 9.98. The Morgan fingerprint density at radius 3 is 2.30 bits per heavy atom. The molecule has 0 aliphatic carbocycles. The second-order valence-corrected chi connectivity index (χ2v) is 11.8. The molecule has 0 aromatic heterocycles. The largest absolute Gasteiger partial charge is 0.343 e. The third kappa shape index (κ3) is 7.76. The fourth-order valence-electron chi connectivity index (χ4n) is 5.60. The summed E-state index contributed by atoms with van der Waals surface area (Å²) in [5.74, 6) is 0.734. The SMILES string of the molecule is CC(=O)N1CCC(C(=O)N(CCCN2CCC(Cc3ccc(F)cc3)CC2)c2ccc(C)c([123I])c2)CC1. The van der Waals surface area contributed by atoms with Gasteiger partial charge < -0.3 is 14.7 Å². The van der Waals surface area contributed by atoms with Crippen LogP contribution >= 0.6 is 22.6 Å². The monoisotopic (exact) mass is 615 g/mol. The van der Waals surface area contributed by atoms with E-state index in [0.29, 0.717) is 25.6 Å². The number of nitrogens with zero attached hydrogens (tertiary/aromatic N) is 3. The molecule has 2 aromatic carbocycles. The van der Waals surface area contributed by atoms with E-state index in [9.17, 15) is 14.0 Å². The summed E-state index contributed by atoms with van der Waals surface area (Å²) in [5, 5.41) is 0. The zero-order valence-corrected chi connectivity index (χ0v) is 24.3. The molecule has 0 saturated carbocycles. The molecule has 0 unspecified atom stereocenters. The van der Waals surface area contributed by atoms with Gasteiger partial charge in [-0.25, -0.2) is 4.39 Å². The van der Waals surface area contributed by atoms with Crippen LogP contribution < -0.4 is 4.90 Å². The molecule has 2 aliphatic rings. The van der Waals surface area contributed by atoms with Crippen LogP contribution in [0.5, 0.6) is 0 Å². The van der Waals surface area contributed by atoms with Gasteiger partial charge in [-0.1, -0.05) is 18.2 Å². The van der Waals surface area contributed by atoms with Crippen molar-refractivity contribution in [2.24, 2.45) is 11.8 Å². The van der Waals surface area contributed by atoms with Gasteiger partial charge in [0, 0.05) is 41.7 Å². The van der Waals surface area contributed by atoms with Gasteiger partial charge >= 0.3 is 0 Å². The predicted octanol–water partition coefficient (Wildman–Crippen LogP) is 5.68. The number of hydrogen-bond acceptors (Lipinski definition) is 3. The molecule has 0 radical (unpaired) electrons. The van der Waals surface area contributed by atoms with E-state index in [1.54, 1.807) is 19.1 Å². The fraction of sp³-hybridized carbons (Fsp3) is 0.533. The molecule has 2 aromatic rings. The number of benzene rings is 2. The minimum absolute atomic E-state index is 0.0308. The van der Waals surface area contributed by atoms with E-state index in [0.717, 1.165) is 63.8 Å². The van der Waals surface area contributed by atoms with E-state index >= 15 is 0 Å². The second kappa shape index (κ2) is 13.2. The Morgan fingerprint density at radius 1 is 1.00 bits per heavy atom. The van der Waals surface area contributed by atoms with E-state index in [2.05, 4.69) is 52.6 Å². The van der Waals surface area contributed by atoms with Gasteiger partial charge in [0.1, 0.15) is 5.82 Å². The highest BCUT2D eigenvalue weighted by Crippen LogP contribution is 2.27. The Morgan fingerprint density at radius 2 is 1.68 bits per heavy atom. The molecule has 5 nitrogen and oxygen atoms in total. The topological polar surface area (TPSA) is 43.9 Å². The summed E-state index contributed by atoms with van der Waals surface area (Å²) >= 11 is 2.35. The van der Waals surface area contributed by atoms with Crippen molar-refractivity contribution in [2.75, 3.05) is 44.2 Å². The van der Waals surface area contributed by atoms with Gasteiger partial charge in [0.15, 0.2) is 0 Å². The third-order valence-corrected chi connectivity index (χ3v) is 9.19. The van der Waals surface area contributed by atoms with Gasteiger partial charge in [0.25, 0.3) is 0 Å². The molecule has 7 heteroatoms. The Bertz CT molecular complexity index is 1060. The van der Waals surface area contributed by atoms with Crippen molar-refractivity contribution in [3.8, 4) is 0 Å². The number of piperidine rings is 2. The lowest BCUT2D eigenvalue weighted by atomic mass is 9.90. The van der Waals surface area contributed by atoms with Crippen molar-refractivity contribution in [1.29, 1.82) is 0 Å². The lowest BCUT2D eigenvalue weighted by molar-refractivity contribution is -0.133. The normalized spacial score (nSPS) is 17.7. The van der Waals surface area contributed by atoms with Gasteiger partial charge in [-0.05, 0) is 129 Å². The predicted molar refractivity (Wildman–Crippen MR) is 155 cm³/mol. The molecule has 2 heterocycles. The number of likely N-dealkylation sites (tertiary alicyclic amines) is 2. The molecule has 4 rings (SSSR count). The number of rotatable bonds is 8. The van der Waals surface area contributed by atoms with Crippen LogP contribution in [0.3, 0.4) is 0 Å². The highest BCUT2D eigenvalue weighted by molar-refractivity contribution is 14.1. The molecule has 0 bridgehead atoms. The van der Waals surface area contributed by atoms with E-state index in [-0.39, 0.29) is 23.5 Å². The third-order valence-electron chi connectivity index (χ3n) is 8.02. The second-order valence-electron chi connectivity index (χ2n) is 10.7. The average molecular weight is 616 g/mol. The molecule has 2 fully saturated rings. The standard InChI is InChI=1S/C30H39FIN3O2/c1-22-4-9-28(21-29(22)32)35(30(37)26-12-18-34(19-13-26)23(2)36)15-3-14-33-16-10-25(11-17-33)20-24-5-7-27(31)8-6-24/h4-9,21,25-26H,3,10-20H2,1-2H3/i32-4. The van der Waals surface area contributed by atoms with Crippen LogP contribution in [0.1, 0.15) is 50.2 Å². The van der Waals surface area contributed by atoms with Crippen molar-refractivity contribution in [1.82, 2.24) is 9.80 Å². The van der Waals surface area contributed by atoms with Crippen molar-refractivity contribution < 1.29 is 14.0 Å². The number of amides is 2. The lowest BCUT2D eigenvalue weighted by Gasteiger charge is -2.35. The Hall–Kier alpha value is -2.00. The highest BCUT2D eigenvalue weighted by atomic mass is 123. The van der Waals surface area contributed by atoms with Gasteiger partial charge in [-0.15, -0.1) is 0 Å². The van der Waals surface area contributed by atoms with E-state index in [1.807, 2.05) is 21.9 Å². The van der Waals surface area contributed by atoms with E-state index in [4.69, 9.17) is 0 Å². The number of anilines is 1. The first-order valence-electron chi connectivity index (χ1n) is 13.6. The lowest BCUT2D eigenvalue weighted by Crippen LogP contribution is -2.45. The minimum atomic E-state index is -0.173. The molecule has 2 aliphatic heterocycles. The molecule has 37 heavy (non-hydrogen) atoms. The zero-order chi connectivity index (χ0) is 26.4. The number of aryl methyl sites for hydroxylation is 1. The van der Waals surface area contributed by atoms with Crippen LogP contribution in [0.4, 0.5) is 10.1 Å². The Labute approximate surface area is 234 Å². The maximum atomic E-state index is 13.7. The Balaban J connectivity index is 1.31. The fourth-order valence-corrected chi connectivity index (χ4v) is 6.10. The molecule has 200 valence electrons. The van der Waals surface area contributed by atoms with Crippen LogP contribution in [0.25, 0.3) is 0 Å². The molecule has 0 N–H and O–H groups in total. The molecular weight excluding hydrogens is 576 g/mol. The highest BCUT2D eigenvalue weighted by Gasteiger charge is 2.30. The molecule has 2 saturated heterocycles. The number of hydrogen-bond donors (Lipinski definition) is 0. The maximum absolute atomic E-state index is 13.7. The number of carbonyl (C=O) groups excluding carboxylic acids is 2. The first kappa shape index (κ1) is 28.0. The van der Waals surface area contributed by atoms with Crippen molar-refractivity contribution in [2.45, 2.75) is 52.4 Å². The first-order valence-corrected chi connectivity index (χ1v) is 14.7. The van der Waals surface area contributed by atoms with Gasteiger partial charge in [-0.2, -0.15) is 0 Å². The summed E-state index contributed by atoms with van der Waals surface area (Å²) < 4.78 is 14.4. The van der Waals surface area contributed by atoms with Crippen LogP contribution in [0.2, 0.25) is 0 Å². The molecule has 0 spiro atoms. The zero-order valence-electron chi connectivity index (χ0n) is 22.1. The summed E-state index contributed by atoms with van der Waals surface area (Å²) in [6.07, 6.45) is 5.74. The van der Waals surface area contributed by atoms with Crippen molar-refractivity contribution in [3.05, 3.63) is 63.0 Å². The van der Waals surface area contributed by atoms with Crippen LogP contribution in [-0.4, -0.2) is 60.9 Å². The molecule has 0 atom stereocenters. The molecular formula is C30H39FIN3O2. The average Bonchev–Trinajstić information content (AvgIpc) is 2.90. The minimum Gasteiger partial charge on any atom is -0.343 e. The quantitative estimate of drug-likeness (QED) is 0.360. The summed E-state index contributed by atoms with van der Waals surface area (Å²) in [5.41, 5.74) is 3.41. The number of carbonyl (C=O) groups is 2. The van der Waals surface area contributed by atoms with Crippen LogP contribution in [0, 0.1) is 28.1 Å². The van der Waals surface area contributed by atoms with Crippen LogP contribution in [0.15, 0.2) is 42.5 Å². The van der Waals surface area contributed by atoms with Gasteiger partial charge in [0.2, 0.25) is 11.8 Å². The van der Waals surface area contributed by atoms with Crippen LogP contribution in [-0.2, 0) is 16.0 Å². The summed E-state index contributed by atoms with van der Waals surface area (Å²) in [4.78, 5) is 31.8. The smallest absolute Gasteiger partial charge is 0.230 e. The van der Waals surface area contributed by atoms with Gasteiger partial charge in [-0.3, -0.25) is 9.59 Å². The van der Waals surface area contributed by atoms with E-state index in [1.165, 1.54) is 14.7 Å². The summed E-state index contributed by atoms with van der Waals surface area (Å²) in [6, 6.07) is 13.2.